The average molecular weight is 496 g/mol. The number of nitrogens with one attached hydrogen (secondary N) is 1. The summed E-state index contributed by atoms with van der Waals surface area (Å²) in [5.74, 6) is 0. The highest BCUT2D eigenvalue weighted by molar-refractivity contribution is 6.34. The van der Waals surface area contributed by atoms with Gasteiger partial charge in [-0.1, -0.05) is 98.2 Å². The van der Waals surface area contributed by atoms with Gasteiger partial charge in [0.1, 0.15) is 0 Å². The first-order valence-corrected chi connectivity index (χ1v) is 13.1. The number of hydrogen-bond acceptors (Lipinski definition) is 1. The number of fused-ring (bicyclic) bond motifs is 6. The fourth-order valence-electron chi connectivity index (χ4n) is 5.95. The highest BCUT2D eigenvalue weighted by Gasteiger charge is 2.35. The number of benzene rings is 6. The van der Waals surface area contributed by atoms with Gasteiger partial charge in [0.15, 0.2) is 0 Å². The third-order valence-corrected chi connectivity index (χ3v) is 8.19. The van der Waals surface area contributed by atoms with Crippen LogP contribution in [0.1, 0.15) is 25.0 Å². The van der Waals surface area contributed by atoms with Gasteiger partial charge in [-0.3, -0.25) is 0 Å². The molecule has 0 fully saturated rings. The lowest BCUT2D eigenvalue weighted by molar-refractivity contribution is 0.660. The average Bonchev–Trinajstić information content (AvgIpc) is 3.14. The minimum atomic E-state index is -0.0518. The fraction of sp³-hybridized carbons (Fsp3) is 0.0857. The molecular weight excluding hydrogens is 470 g/mol. The van der Waals surface area contributed by atoms with E-state index < -0.39 is 0 Å². The zero-order valence-corrected chi connectivity index (χ0v) is 21.6. The van der Waals surface area contributed by atoms with Crippen LogP contribution in [0.3, 0.4) is 0 Å². The van der Waals surface area contributed by atoms with Gasteiger partial charge in [-0.05, 0) is 91.8 Å². The second-order valence-corrected chi connectivity index (χ2v) is 10.9. The molecule has 0 saturated carbocycles. The van der Waals surface area contributed by atoms with Crippen LogP contribution in [0.15, 0.2) is 115 Å². The van der Waals surface area contributed by atoms with Gasteiger partial charge in [0.2, 0.25) is 0 Å². The molecule has 0 spiro atoms. The smallest absolute Gasteiger partial charge is 0.0490 e. The van der Waals surface area contributed by atoms with E-state index in [2.05, 4.69) is 116 Å². The molecule has 178 valence electrons. The molecule has 1 aliphatic rings. The lowest BCUT2D eigenvalue weighted by atomic mass is 9.81. The van der Waals surface area contributed by atoms with Crippen molar-refractivity contribution in [3.05, 3.63) is 131 Å². The molecule has 2 heteroatoms. The van der Waals surface area contributed by atoms with Crippen molar-refractivity contribution in [1.82, 2.24) is 0 Å². The molecule has 0 heterocycles. The molecule has 37 heavy (non-hydrogen) atoms. The van der Waals surface area contributed by atoms with E-state index >= 15 is 0 Å². The topological polar surface area (TPSA) is 12.0 Å². The molecule has 1 N–H and O–H groups in total. The van der Waals surface area contributed by atoms with Gasteiger partial charge in [-0.2, -0.15) is 0 Å². The Labute approximate surface area is 222 Å². The van der Waals surface area contributed by atoms with E-state index in [9.17, 15) is 0 Å². The summed E-state index contributed by atoms with van der Waals surface area (Å²) in [6.45, 7) is 4.62. The Balaban J connectivity index is 1.30. The van der Waals surface area contributed by atoms with E-state index in [1.54, 1.807) is 0 Å². The fourth-order valence-corrected chi connectivity index (χ4v) is 6.22. The quantitative estimate of drug-likeness (QED) is 0.241. The van der Waals surface area contributed by atoms with E-state index in [0.29, 0.717) is 0 Å². The van der Waals surface area contributed by atoms with Gasteiger partial charge in [0, 0.05) is 27.4 Å². The number of hydrogen-bond donors (Lipinski definition) is 1. The third kappa shape index (κ3) is 3.54. The highest BCUT2D eigenvalue weighted by Crippen LogP contribution is 2.51. The summed E-state index contributed by atoms with van der Waals surface area (Å²) in [4.78, 5) is 0. The van der Waals surface area contributed by atoms with Crippen LogP contribution in [-0.4, -0.2) is 0 Å². The predicted octanol–water partition coefficient (Wildman–Crippen LogP) is 10.4. The SMILES string of the molecule is CC1(C)c2ccccc2-c2cc(Cl)c(-c3ccc4c(ccc5cc(Nc6ccccc6)ccc54)c3)cc21. The molecule has 0 amide bonds. The van der Waals surface area contributed by atoms with Crippen molar-refractivity contribution in [2.75, 3.05) is 5.32 Å². The number of halogens is 1. The normalized spacial score (nSPS) is 13.5. The monoisotopic (exact) mass is 495 g/mol. The Morgan fingerprint density at radius 1 is 0.541 bits per heavy atom. The zero-order chi connectivity index (χ0) is 25.1. The minimum Gasteiger partial charge on any atom is -0.356 e. The Morgan fingerprint density at radius 3 is 2.05 bits per heavy atom. The molecule has 7 rings (SSSR count). The van der Waals surface area contributed by atoms with Gasteiger partial charge in [0.25, 0.3) is 0 Å². The molecule has 0 aliphatic heterocycles. The second-order valence-electron chi connectivity index (χ2n) is 10.5. The van der Waals surface area contributed by atoms with Crippen LogP contribution in [0.5, 0.6) is 0 Å². The molecule has 0 bridgehead atoms. The van der Waals surface area contributed by atoms with Crippen molar-refractivity contribution in [3.8, 4) is 22.3 Å². The van der Waals surface area contributed by atoms with Gasteiger partial charge in [-0.15, -0.1) is 0 Å². The van der Waals surface area contributed by atoms with Gasteiger partial charge in [-0.25, -0.2) is 0 Å². The van der Waals surface area contributed by atoms with Crippen molar-refractivity contribution in [1.29, 1.82) is 0 Å². The lowest BCUT2D eigenvalue weighted by Crippen LogP contribution is -2.14. The minimum absolute atomic E-state index is 0.0518. The summed E-state index contributed by atoms with van der Waals surface area (Å²) in [6, 6.07) is 41.2. The molecule has 0 radical (unpaired) electrons. The maximum absolute atomic E-state index is 6.93. The summed E-state index contributed by atoms with van der Waals surface area (Å²) in [7, 11) is 0. The largest absolute Gasteiger partial charge is 0.356 e. The first-order valence-electron chi connectivity index (χ1n) is 12.7. The highest BCUT2D eigenvalue weighted by atomic mass is 35.5. The summed E-state index contributed by atoms with van der Waals surface area (Å²) < 4.78 is 0. The molecule has 0 atom stereocenters. The van der Waals surface area contributed by atoms with Crippen LogP contribution in [0, 0.1) is 0 Å². The molecule has 0 saturated heterocycles. The zero-order valence-electron chi connectivity index (χ0n) is 20.8. The standard InChI is InChI=1S/C35H26ClN/c1-35(2)32-11-7-6-10-29(32)31-21-34(36)30(20-33(31)35)23-14-16-27-22(18-23)12-13-24-19-26(15-17-28(24)27)37-25-8-4-3-5-9-25/h3-21,37H,1-2H3. The van der Waals surface area contributed by atoms with Gasteiger partial charge < -0.3 is 5.32 Å². The van der Waals surface area contributed by atoms with Crippen LogP contribution in [0.25, 0.3) is 43.8 Å². The van der Waals surface area contributed by atoms with Crippen molar-refractivity contribution >= 4 is 44.5 Å². The summed E-state index contributed by atoms with van der Waals surface area (Å²) in [5.41, 5.74) is 9.61. The predicted molar refractivity (Wildman–Crippen MR) is 159 cm³/mol. The van der Waals surface area contributed by atoms with Crippen LogP contribution in [-0.2, 0) is 5.41 Å². The summed E-state index contributed by atoms with van der Waals surface area (Å²) in [6.07, 6.45) is 0. The van der Waals surface area contributed by atoms with E-state index in [0.717, 1.165) is 27.5 Å². The Hall–Kier alpha value is -4.07. The lowest BCUT2D eigenvalue weighted by Gasteiger charge is -2.22. The number of para-hydroxylation sites is 1. The molecule has 1 nitrogen and oxygen atoms in total. The molecule has 0 aromatic heterocycles. The summed E-state index contributed by atoms with van der Waals surface area (Å²) in [5, 5.41) is 9.23. The first kappa shape index (κ1) is 22.2. The third-order valence-electron chi connectivity index (χ3n) is 7.88. The number of rotatable bonds is 3. The van der Waals surface area contributed by atoms with E-state index in [1.165, 1.54) is 43.8 Å². The molecule has 1 aliphatic carbocycles. The van der Waals surface area contributed by atoms with Gasteiger partial charge >= 0.3 is 0 Å². The van der Waals surface area contributed by atoms with Crippen molar-refractivity contribution < 1.29 is 0 Å². The van der Waals surface area contributed by atoms with Crippen LogP contribution >= 0.6 is 11.6 Å². The summed E-state index contributed by atoms with van der Waals surface area (Å²) >= 11 is 6.93. The van der Waals surface area contributed by atoms with E-state index in [4.69, 9.17) is 11.6 Å². The van der Waals surface area contributed by atoms with Crippen molar-refractivity contribution in [3.63, 3.8) is 0 Å². The van der Waals surface area contributed by atoms with Crippen LogP contribution in [0.2, 0.25) is 5.02 Å². The molecule has 6 aromatic rings. The maximum atomic E-state index is 6.93. The van der Waals surface area contributed by atoms with Crippen molar-refractivity contribution in [2.24, 2.45) is 0 Å². The molecular formula is C35H26ClN. The van der Waals surface area contributed by atoms with Crippen molar-refractivity contribution in [2.45, 2.75) is 19.3 Å². The molecule has 0 unspecified atom stereocenters. The van der Waals surface area contributed by atoms with Crippen LogP contribution in [0.4, 0.5) is 11.4 Å². The molecule has 6 aromatic carbocycles. The Morgan fingerprint density at radius 2 is 1.24 bits per heavy atom. The number of anilines is 2. The van der Waals surface area contributed by atoms with Crippen LogP contribution < -0.4 is 5.32 Å². The maximum Gasteiger partial charge on any atom is 0.0490 e. The van der Waals surface area contributed by atoms with E-state index in [1.807, 2.05) is 18.2 Å². The first-order chi connectivity index (χ1) is 18.0. The second kappa shape index (κ2) is 8.23. The van der Waals surface area contributed by atoms with Gasteiger partial charge in [0.05, 0.1) is 0 Å². The van der Waals surface area contributed by atoms with E-state index in [-0.39, 0.29) is 5.41 Å². The Bertz CT molecular complexity index is 1830. The Kier molecular flexibility index (Phi) is 4.93.